The summed E-state index contributed by atoms with van der Waals surface area (Å²) in [5.41, 5.74) is 0.00828. The minimum Gasteiger partial charge on any atom is -0.464 e. The summed E-state index contributed by atoms with van der Waals surface area (Å²) in [5, 5.41) is 15.2. The number of carbonyl (C=O) groups is 2. The summed E-state index contributed by atoms with van der Waals surface area (Å²) in [7, 11) is 0. The number of nitrogens with one attached hydrogen (secondary N) is 1. The van der Waals surface area contributed by atoms with Crippen LogP contribution in [0.15, 0.2) is 63.4 Å². The van der Waals surface area contributed by atoms with Gasteiger partial charge in [-0.1, -0.05) is 18.2 Å². The van der Waals surface area contributed by atoms with Crippen LogP contribution in [-0.2, 0) is 16.1 Å². The number of aromatic nitrogens is 4. The van der Waals surface area contributed by atoms with Gasteiger partial charge in [-0.3, -0.25) is 14.5 Å². The molecule has 1 aromatic carbocycles. The highest BCUT2D eigenvalue weighted by molar-refractivity contribution is 6.01. The quantitative estimate of drug-likeness (QED) is 0.430. The van der Waals surface area contributed by atoms with Gasteiger partial charge in [0.15, 0.2) is 11.8 Å². The van der Waals surface area contributed by atoms with Crippen molar-refractivity contribution >= 4 is 17.5 Å². The van der Waals surface area contributed by atoms with Crippen molar-refractivity contribution in [3.05, 3.63) is 71.9 Å². The Hall–Kier alpha value is -4.21. The van der Waals surface area contributed by atoms with Crippen molar-refractivity contribution in [1.29, 1.82) is 0 Å². The Balaban J connectivity index is 1.70. The normalized spacial score (nSPS) is 12.4. The van der Waals surface area contributed by atoms with Crippen LogP contribution in [0, 0.1) is 13.8 Å². The number of benzene rings is 1. The van der Waals surface area contributed by atoms with Crippen molar-refractivity contribution in [2.24, 2.45) is 0 Å². The molecule has 1 atom stereocenters. The molecule has 0 aliphatic heterocycles. The molecule has 10 heteroatoms. The zero-order valence-electron chi connectivity index (χ0n) is 20.3. The minimum atomic E-state index is -1.05. The van der Waals surface area contributed by atoms with Crippen LogP contribution in [0.5, 0.6) is 0 Å². The van der Waals surface area contributed by atoms with Crippen molar-refractivity contribution in [2.75, 3.05) is 4.90 Å². The minimum absolute atomic E-state index is 0.249. The molecule has 35 heavy (non-hydrogen) atoms. The summed E-state index contributed by atoms with van der Waals surface area (Å²) in [4.78, 5) is 29.8. The Bertz CT molecular complexity index is 1310. The lowest BCUT2D eigenvalue weighted by molar-refractivity contribution is -0.128. The third-order valence-corrected chi connectivity index (χ3v) is 5.03. The van der Waals surface area contributed by atoms with Crippen LogP contribution in [0.1, 0.15) is 44.1 Å². The van der Waals surface area contributed by atoms with Gasteiger partial charge >= 0.3 is 0 Å². The Morgan fingerprint density at radius 1 is 1.00 bits per heavy atom. The number of hydrogen-bond acceptors (Lipinski definition) is 7. The molecule has 2 amide bonds. The molecule has 0 spiro atoms. The average molecular weight is 477 g/mol. The number of aryl methyl sites for hydroxylation is 2. The van der Waals surface area contributed by atoms with E-state index in [4.69, 9.17) is 8.83 Å². The van der Waals surface area contributed by atoms with Gasteiger partial charge in [0.25, 0.3) is 11.8 Å². The first-order valence-corrected chi connectivity index (χ1v) is 11.2. The van der Waals surface area contributed by atoms with E-state index < -0.39 is 17.5 Å². The molecule has 4 rings (SSSR count). The lowest BCUT2D eigenvalue weighted by atomic mass is 10.1. The maximum absolute atomic E-state index is 13.7. The second kappa shape index (κ2) is 9.57. The third-order valence-electron chi connectivity index (χ3n) is 5.03. The van der Waals surface area contributed by atoms with E-state index in [9.17, 15) is 9.59 Å². The molecule has 0 fully saturated rings. The zero-order valence-corrected chi connectivity index (χ0v) is 20.3. The van der Waals surface area contributed by atoms with Crippen LogP contribution in [0.3, 0.4) is 0 Å². The van der Waals surface area contributed by atoms with Crippen LogP contribution < -0.4 is 10.2 Å². The molecule has 0 unspecified atom stereocenters. The SMILES string of the molecule is Cc1ccc(-c2nnn(CC(=O)N(c3ccccc3)[C@H](C(=O)NC(C)(C)C)c3ccc(C)o3)n2)o1. The topological polar surface area (TPSA) is 119 Å². The van der Waals surface area contributed by atoms with Crippen molar-refractivity contribution in [3.8, 4) is 11.6 Å². The summed E-state index contributed by atoms with van der Waals surface area (Å²) >= 11 is 0. The molecule has 0 saturated heterocycles. The van der Waals surface area contributed by atoms with Crippen LogP contribution in [-0.4, -0.2) is 37.6 Å². The van der Waals surface area contributed by atoms with Crippen molar-refractivity contribution in [1.82, 2.24) is 25.5 Å². The molecule has 0 aliphatic rings. The van der Waals surface area contributed by atoms with Crippen LogP contribution in [0.25, 0.3) is 11.6 Å². The lowest BCUT2D eigenvalue weighted by Crippen LogP contribution is -2.50. The van der Waals surface area contributed by atoms with E-state index in [2.05, 4.69) is 20.7 Å². The monoisotopic (exact) mass is 476 g/mol. The Morgan fingerprint density at radius 2 is 1.69 bits per heavy atom. The Morgan fingerprint density at radius 3 is 2.29 bits per heavy atom. The molecule has 0 aliphatic carbocycles. The first-order chi connectivity index (χ1) is 16.6. The largest absolute Gasteiger partial charge is 0.464 e. The summed E-state index contributed by atoms with van der Waals surface area (Å²) in [6.07, 6.45) is 0. The molecule has 1 N–H and O–H groups in total. The molecule has 0 bridgehead atoms. The first kappa shape index (κ1) is 23.9. The van der Waals surface area contributed by atoms with E-state index in [1.165, 1.54) is 9.70 Å². The highest BCUT2D eigenvalue weighted by Gasteiger charge is 2.36. The van der Waals surface area contributed by atoms with E-state index in [0.717, 1.165) is 0 Å². The van der Waals surface area contributed by atoms with E-state index in [1.807, 2.05) is 33.8 Å². The van der Waals surface area contributed by atoms with Gasteiger partial charge in [0.2, 0.25) is 5.82 Å². The smallest absolute Gasteiger partial charge is 0.251 e. The predicted octanol–water partition coefficient (Wildman–Crippen LogP) is 3.83. The van der Waals surface area contributed by atoms with Crippen molar-refractivity contribution in [3.63, 3.8) is 0 Å². The van der Waals surface area contributed by atoms with Gasteiger partial charge in [0.05, 0.1) is 0 Å². The van der Waals surface area contributed by atoms with Gasteiger partial charge in [-0.25, -0.2) is 0 Å². The summed E-state index contributed by atoms with van der Waals surface area (Å²) < 4.78 is 11.4. The van der Waals surface area contributed by atoms with E-state index in [-0.39, 0.29) is 18.3 Å². The average Bonchev–Trinajstić information content (AvgIpc) is 3.52. The third kappa shape index (κ3) is 5.65. The number of anilines is 1. The van der Waals surface area contributed by atoms with E-state index >= 15 is 0 Å². The van der Waals surface area contributed by atoms with E-state index in [1.54, 1.807) is 55.5 Å². The number of carbonyl (C=O) groups excluding carboxylic acids is 2. The zero-order chi connectivity index (χ0) is 25.2. The maximum Gasteiger partial charge on any atom is 0.251 e. The Kier molecular flexibility index (Phi) is 6.54. The number of amides is 2. The molecular weight excluding hydrogens is 448 g/mol. The molecule has 0 saturated carbocycles. The number of nitrogens with zero attached hydrogens (tertiary/aromatic N) is 5. The van der Waals surface area contributed by atoms with Gasteiger partial charge in [-0.15, -0.1) is 10.2 Å². The van der Waals surface area contributed by atoms with Crippen LogP contribution in [0.4, 0.5) is 5.69 Å². The van der Waals surface area contributed by atoms with Crippen molar-refractivity contribution < 1.29 is 18.4 Å². The number of hydrogen-bond donors (Lipinski definition) is 1. The standard InChI is InChI=1S/C25H28N6O4/c1-16-11-13-19(34-16)22(24(33)26-25(3,4)5)31(18-9-7-6-8-10-18)21(32)15-30-28-23(27-29-30)20-14-12-17(2)35-20/h6-14,22H,15H2,1-5H3,(H,26,33)/t22-/m0/s1. The predicted molar refractivity (Wildman–Crippen MR) is 128 cm³/mol. The second-order valence-corrected chi connectivity index (χ2v) is 9.24. The number of furan rings is 2. The Labute approximate surface area is 202 Å². The fourth-order valence-corrected chi connectivity index (χ4v) is 3.60. The fourth-order valence-electron chi connectivity index (χ4n) is 3.60. The molecule has 10 nitrogen and oxygen atoms in total. The highest BCUT2D eigenvalue weighted by atomic mass is 16.3. The molecule has 3 heterocycles. The van der Waals surface area contributed by atoms with Gasteiger partial charge in [0.1, 0.15) is 23.8 Å². The number of para-hydroxylation sites is 1. The molecule has 4 aromatic rings. The van der Waals surface area contributed by atoms with Crippen LogP contribution in [0.2, 0.25) is 0 Å². The number of tetrazole rings is 1. The second-order valence-electron chi connectivity index (χ2n) is 9.24. The van der Waals surface area contributed by atoms with Crippen LogP contribution >= 0.6 is 0 Å². The summed E-state index contributed by atoms with van der Waals surface area (Å²) in [5.74, 6) is 1.62. The first-order valence-electron chi connectivity index (χ1n) is 11.2. The summed E-state index contributed by atoms with van der Waals surface area (Å²) in [6.45, 7) is 8.98. The van der Waals surface area contributed by atoms with E-state index in [0.29, 0.717) is 28.7 Å². The molecule has 182 valence electrons. The van der Waals surface area contributed by atoms with Gasteiger partial charge in [-0.05, 0) is 76.2 Å². The molecular formula is C25H28N6O4. The molecule has 3 aromatic heterocycles. The lowest BCUT2D eigenvalue weighted by Gasteiger charge is -2.32. The van der Waals surface area contributed by atoms with Crippen molar-refractivity contribution in [2.45, 2.75) is 52.7 Å². The maximum atomic E-state index is 13.7. The highest BCUT2D eigenvalue weighted by Crippen LogP contribution is 2.30. The fraction of sp³-hybridized carbons (Fsp3) is 0.320. The van der Waals surface area contributed by atoms with Gasteiger partial charge in [0, 0.05) is 11.2 Å². The summed E-state index contributed by atoms with van der Waals surface area (Å²) in [6, 6.07) is 14.9. The number of rotatable bonds is 7. The van der Waals surface area contributed by atoms with Gasteiger partial charge < -0.3 is 14.2 Å². The molecule has 0 radical (unpaired) electrons. The van der Waals surface area contributed by atoms with Gasteiger partial charge in [-0.2, -0.15) is 4.80 Å².